The Morgan fingerprint density at radius 1 is 1.17 bits per heavy atom. The average Bonchev–Trinajstić information content (AvgIpc) is 3.05. The first kappa shape index (κ1) is 20.7. The van der Waals surface area contributed by atoms with E-state index in [0.29, 0.717) is 48.0 Å². The van der Waals surface area contributed by atoms with Gasteiger partial charge in [-0.25, -0.2) is 0 Å². The van der Waals surface area contributed by atoms with E-state index in [1.54, 1.807) is 34.9 Å². The number of nitro benzene ring substituents is 1. The third-order valence-corrected chi connectivity index (χ3v) is 5.21. The van der Waals surface area contributed by atoms with Gasteiger partial charge in [-0.15, -0.1) is 0 Å². The Morgan fingerprint density at radius 2 is 1.93 bits per heavy atom. The predicted octanol–water partition coefficient (Wildman–Crippen LogP) is 3.79. The van der Waals surface area contributed by atoms with Crippen molar-refractivity contribution in [1.82, 2.24) is 4.57 Å². The first-order chi connectivity index (χ1) is 14.0. The summed E-state index contributed by atoms with van der Waals surface area (Å²) in [5.74, 6) is 0.296. The van der Waals surface area contributed by atoms with Gasteiger partial charge in [-0.05, 0) is 44.2 Å². The van der Waals surface area contributed by atoms with Crippen LogP contribution in [0.25, 0.3) is 10.2 Å². The summed E-state index contributed by atoms with van der Waals surface area (Å²) in [6.07, 6.45) is 0. The average molecular weight is 415 g/mol. The van der Waals surface area contributed by atoms with Crippen LogP contribution in [0.15, 0.2) is 47.5 Å². The van der Waals surface area contributed by atoms with Crippen LogP contribution in [-0.2, 0) is 11.3 Å². The number of amides is 1. The molecular weight excluding hydrogens is 394 g/mol. The van der Waals surface area contributed by atoms with Crippen LogP contribution in [0.4, 0.5) is 5.69 Å². The molecule has 9 heteroatoms. The summed E-state index contributed by atoms with van der Waals surface area (Å²) in [6.45, 7) is 5.73. The van der Waals surface area contributed by atoms with Crippen LogP contribution in [0, 0.1) is 10.1 Å². The molecule has 2 aromatic carbocycles. The highest BCUT2D eigenvalue weighted by molar-refractivity contribution is 7.16. The third kappa shape index (κ3) is 4.87. The topological polar surface area (TPSA) is 96.0 Å². The number of benzene rings is 2. The SMILES string of the molecule is CCOCCn1c(=NC(=O)c2ccc(OCC)cc2)sc2ccc([N+](=O)[O-])cc21. The zero-order chi connectivity index (χ0) is 20.8. The van der Waals surface area contributed by atoms with E-state index in [4.69, 9.17) is 9.47 Å². The van der Waals surface area contributed by atoms with Crippen molar-refractivity contribution < 1.29 is 19.2 Å². The lowest BCUT2D eigenvalue weighted by Gasteiger charge is -2.05. The molecule has 0 fully saturated rings. The molecular formula is C20H21N3O5S. The molecule has 0 saturated carbocycles. The number of non-ortho nitro benzene ring substituents is 1. The molecule has 152 valence electrons. The zero-order valence-electron chi connectivity index (χ0n) is 16.2. The van der Waals surface area contributed by atoms with Gasteiger partial charge in [-0.1, -0.05) is 11.3 Å². The van der Waals surface area contributed by atoms with E-state index in [0.717, 1.165) is 4.70 Å². The number of carbonyl (C=O) groups excluding carboxylic acids is 1. The Labute approximate surface area is 171 Å². The van der Waals surface area contributed by atoms with Crippen LogP contribution in [0.3, 0.4) is 0 Å². The molecule has 8 nitrogen and oxygen atoms in total. The number of hydrogen-bond acceptors (Lipinski definition) is 6. The summed E-state index contributed by atoms with van der Waals surface area (Å²) in [6, 6.07) is 11.4. The lowest BCUT2D eigenvalue weighted by molar-refractivity contribution is -0.384. The van der Waals surface area contributed by atoms with Gasteiger partial charge in [0.05, 0.1) is 28.4 Å². The number of nitro groups is 1. The van der Waals surface area contributed by atoms with Crippen LogP contribution in [0.2, 0.25) is 0 Å². The first-order valence-electron chi connectivity index (χ1n) is 9.21. The van der Waals surface area contributed by atoms with Crippen molar-refractivity contribution in [3.8, 4) is 5.75 Å². The Hall–Kier alpha value is -3.04. The molecule has 0 aliphatic carbocycles. The van der Waals surface area contributed by atoms with Crippen LogP contribution >= 0.6 is 11.3 Å². The van der Waals surface area contributed by atoms with Crippen molar-refractivity contribution in [2.24, 2.45) is 4.99 Å². The lowest BCUT2D eigenvalue weighted by atomic mass is 10.2. The maximum Gasteiger partial charge on any atom is 0.279 e. The summed E-state index contributed by atoms with van der Waals surface area (Å²) < 4.78 is 13.4. The molecule has 29 heavy (non-hydrogen) atoms. The number of rotatable bonds is 8. The monoisotopic (exact) mass is 415 g/mol. The Balaban J connectivity index is 2.02. The second-order valence-corrected chi connectivity index (χ2v) is 7.03. The minimum absolute atomic E-state index is 0.00940. The highest BCUT2D eigenvalue weighted by Gasteiger charge is 2.13. The van der Waals surface area contributed by atoms with E-state index in [1.165, 1.54) is 23.5 Å². The van der Waals surface area contributed by atoms with Crippen LogP contribution < -0.4 is 9.54 Å². The number of thiazole rings is 1. The molecule has 0 radical (unpaired) electrons. The Bertz CT molecular complexity index is 1090. The number of aromatic nitrogens is 1. The lowest BCUT2D eigenvalue weighted by Crippen LogP contribution is -2.19. The molecule has 3 rings (SSSR count). The van der Waals surface area contributed by atoms with E-state index in [1.807, 2.05) is 13.8 Å². The Morgan fingerprint density at radius 3 is 2.59 bits per heavy atom. The van der Waals surface area contributed by atoms with Crippen molar-refractivity contribution in [3.05, 3.63) is 62.9 Å². The number of ether oxygens (including phenoxy) is 2. The molecule has 0 aliphatic rings. The highest BCUT2D eigenvalue weighted by atomic mass is 32.1. The summed E-state index contributed by atoms with van der Waals surface area (Å²) >= 11 is 1.31. The summed E-state index contributed by atoms with van der Waals surface area (Å²) in [5.41, 5.74) is 1.08. The summed E-state index contributed by atoms with van der Waals surface area (Å²) in [5, 5.41) is 11.1. The molecule has 0 atom stereocenters. The molecule has 3 aromatic rings. The second kappa shape index (κ2) is 9.44. The first-order valence-corrected chi connectivity index (χ1v) is 10.0. The minimum Gasteiger partial charge on any atom is -0.494 e. The summed E-state index contributed by atoms with van der Waals surface area (Å²) in [4.78, 5) is 28.1. The van der Waals surface area contributed by atoms with Gasteiger partial charge in [0, 0.05) is 30.8 Å². The van der Waals surface area contributed by atoms with Gasteiger partial charge in [0.25, 0.3) is 11.6 Å². The fraction of sp³-hybridized carbons (Fsp3) is 0.300. The number of fused-ring (bicyclic) bond motifs is 1. The van der Waals surface area contributed by atoms with Crippen LogP contribution in [0.1, 0.15) is 24.2 Å². The molecule has 0 spiro atoms. The van der Waals surface area contributed by atoms with Crippen molar-refractivity contribution >= 4 is 33.1 Å². The maximum absolute atomic E-state index is 12.7. The number of hydrogen-bond donors (Lipinski definition) is 0. The van der Waals surface area contributed by atoms with E-state index in [9.17, 15) is 14.9 Å². The van der Waals surface area contributed by atoms with Gasteiger partial charge in [0.2, 0.25) is 0 Å². The van der Waals surface area contributed by atoms with Gasteiger partial charge < -0.3 is 14.0 Å². The smallest absolute Gasteiger partial charge is 0.279 e. The van der Waals surface area contributed by atoms with Crippen molar-refractivity contribution in [2.45, 2.75) is 20.4 Å². The zero-order valence-corrected chi connectivity index (χ0v) is 17.0. The molecule has 0 unspecified atom stereocenters. The minimum atomic E-state index is -0.439. The molecule has 1 amide bonds. The standard InChI is InChI=1S/C20H21N3O5S/c1-3-27-12-11-22-17-13-15(23(25)26)7-10-18(17)29-20(22)21-19(24)14-5-8-16(9-6-14)28-4-2/h5-10,13H,3-4,11-12H2,1-2H3. The molecule has 0 saturated heterocycles. The van der Waals surface area contributed by atoms with Gasteiger partial charge >= 0.3 is 0 Å². The van der Waals surface area contributed by atoms with Crippen LogP contribution in [-0.4, -0.2) is 35.2 Å². The highest BCUT2D eigenvalue weighted by Crippen LogP contribution is 2.23. The van der Waals surface area contributed by atoms with E-state index in [-0.39, 0.29) is 11.6 Å². The summed E-state index contributed by atoms with van der Waals surface area (Å²) in [7, 11) is 0. The second-order valence-electron chi connectivity index (χ2n) is 6.02. The van der Waals surface area contributed by atoms with E-state index in [2.05, 4.69) is 4.99 Å². The molecule has 0 bridgehead atoms. The third-order valence-electron chi connectivity index (χ3n) is 4.15. The Kier molecular flexibility index (Phi) is 6.73. The van der Waals surface area contributed by atoms with E-state index >= 15 is 0 Å². The van der Waals surface area contributed by atoms with Crippen molar-refractivity contribution in [2.75, 3.05) is 19.8 Å². The largest absolute Gasteiger partial charge is 0.494 e. The number of nitrogens with zero attached hydrogens (tertiary/aromatic N) is 3. The van der Waals surface area contributed by atoms with Crippen LogP contribution in [0.5, 0.6) is 5.75 Å². The van der Waals surface area contributed by atoms with Gasteiger partial charge in [0.1, 0.15) is 5.75 Å². The fourth-order valence-corrected chi connectivity index (χ4v) is 3.82. The predicted molar refractivity (Wildman–Crippen MR) is 110 cm³/mol. The van der Waals surface area contributed by atoms with Gasteiger partial charge in [-0.3, -0.25) is 14.9 Å². The molecule has 0 N–H and O–H groups in total. The normalized spacial score (nSPS) is 11.7. The maximum atomic E-state index is 12.7. The molecule has 1 aromatic heterocycles. The van der Waals surface area contributed by atoms with Gasteiger partial charge in [-0.2, -0.15) is 4.99 Å². The van der Waals surface area contributed by atoms with Crippen molar-refractivity contribution in [3.63, 3.8) is 0 Å². The fourth-order valence-electron chi connectivity index (χ4n) is 2.78. The quantitative estimate of drug-likeness (QED) is 0.317. The molecule has 0 aliphatic heterocycles. The van der Waals surface area contributed by atoms with Gasteiger partial charge in [0.15, 0.2) is 4.80 Å². The number of carbonyl (C=O) groups is 1. The molecule has 1 heterocycles. The van der Waals surface area contributed by atoms with Crippen molar-refractivity contribution in [1.29, 1.82) is 0 Å². The van der Waals surface area contributed by atoms with E-state index < -0.39 is 4.92 Å².